The SMILES string of the molecule is OCc1nc[nH]c1Br. The number of rotatable bonds is 1. The lowest BCUT2D eigenvalue weighted by molar-refractivity contribution is 0.276. The van der Waals surface area contributed by atoms with Crippen molar-refractivity contribution in [1.82, 2.24) is 9.97 Å². The second-order valence-electron chi connectivity index (χ2n) is 1.32. The molecule has 0 spiro atoms. The van der Waals surface area contributed by atoms with E-state index in [1.54, 1.807) is 0 Å². The Kier molecular flexibility index (Phi) is 1.65. The highest BCUT2D eigenvalue weighted by Crippen LogP contribution is 2.08. The summed E-state index contributed by atoms with van der Waals surface area (Å²) in [5.74, 6) is 0. The van der Waals surface area contributed by atoms with Crippen LogP contribution in [-0.2, 0) is 6.61 Å². The van der Waals surface area contributed by atoms with Crippen molar-refractivity contribution in [2.45, 2.75) is 6.61 Å². The summed E-state index contributed by atoms with van der Waals surface area (Å²) in [4.78, 5) is 6.55. The minimum Gasteiger partial charge on any atom is -0.390 e. The molecule has 0 amide bonds. The number of aromatic amines is 1. The zero-order valence-corrected chi connectivity index (χ0v) is 5.64. The maximum atomic E-state index is 8.49. The van der Waals surface area contributed by atoms with Crippen LogP contribution in [0.3, 0.4) is 0 Å². The highest BCUT2D eigenvalue weighted by molar-refractivity contribution is 9.10. The lowest BCUT2D eigenvalue weighted by Crippen LogP contribution is -1.81. The highest BCUT2D eigenvalue weighted by Gasteiger charge is 1.96. The van der Waals surface area contributed by atoms with Crippen LogP contribution < -0.4 is 0 Å². The first-order chi connectivity index (χ1) is 3.84. The van der Waals surface area contributed by atoms with Gasteiger partial charge in [-0.3, -0.25) is 0 Å². The fourth-order valence-electron chi connectivity index (χ4n) is 0.417. The summed E-state index contributed by atoms with van der Waals surface area (Å²) in [6, 6.07) is 0. The Morgan fingerprint density at radius 1 is 1.88 bits per heavy atom. The monoisotopic (exact) mass is 176 g/mol. The van der Waals surface area contributed by atoms with E-state index in [1.807, 2.05) is 0 Å². The standard InChI is InChI=1S/C4H5BrN2O/c5-4-3(1-8)6-2-7-4/h2,8H,1H2,(H,6,7). The molecule has 0 aromatic carbocycles. The van der Waals surface area contributed by atoms with E-state index in [0.29, 0.717) is 5.69 Å². The van der Waals surface area contributed by atoms with Crippen molar-refractivity contribution in [3.05, 3.63) is 16.6 Å². The van der Waals surface area contributed by atoms with Gasteiger partial charge >= 0.3 is 0 Å². The number of nitrogens with one attached hydrogen (secondary N) is 1. The average molecular weight is 177 g/mol. The smallest absolute Gasteiger partial charge is 0.107 e. The molecule has 44 valence electrons. The van der Waals surface area contributed by atoms with E-state index in [1.165, 1.54) is 6.33 Å². The third-order valence-electron chi connectivity index (χ3n) is 0.815. The van der Waals surface area contributed by atoms with Crippen LogP contribution >= 0.6 is 15.9 Å². The molecule has 0 unspecified atom stereocenters. The minimum absolute atomic E-state index is 0.0237. The molecule has 2 N–H and O–H groups in total. The number of halogens is 1. The molecule has 3 nitrogen and oxygen atoms in total. The van der Waals surface area contributed by atoms with Gasteiger partial charge in [0.1, 0.15) is 4.60 Å². The van der Waals surface area contributed by atoms with Gasteiger partial charge in [-0.15, -0.1) is 0 Å². The van der Waals surface area contributed by atoms with E-state index in [9.17, 15) is 0 Å². The summed E-state index contributed by atoms with van der Waals surface area (Å²) >= 11 is 3.15. The van der Waals surface area contributed by atoms with E-state index in [4.69, 9.17) is 5.11 Å². The van der Waals surface area contributed by atoms with Gasteiger partial charge in [-0.25, -0.2) is 4.98 Å². The van der Waals surface area contributed by atoms with Crippen molar-refractivity contribution in [2.75, 3.05) is 0 Å². The van der Waals surface area contributed by atoms with Crippen molar-refractivity contribution in [3.8, 4) is 0 Å². The van der Waals surface area contributed by atoms with Gasteiger partial charge in [0, 0.05) is 0 Å². The highest BCUT2D eigenvalue weighted by atomic mass is 79.9. The van der Waals surface area contributed by atoms with Gasteiger partial charge in [0.05, 0.1) is 18.6 Å². The summed E-state index contributed by atoms with van der Waals surface area (Å²) in [7, 11) is 0. The molecule has 4 heteroatoms. The van der Waals surface area contributed by atoms with Crippen LogP contribution in [-0.4, -0.2) is 15.1 Å². The summed E-state index contributed by atoms with van der Waals surface area (Å²) in [6.07, 6.45) is 1.52. The molecule has 0 aliphatic rings. The lowest BCUT2D eigenvalue weighted by atomic mass is 10.5. The Balaban J connectivity index is 2.92. The Labute approximate surface area is 54.9 Å². The number of hydrogen-bond donors (Lipinski definition) is 2. The van der Waals surface area contributed by atoms with E-state index in [0.717, 1.165) is 4.60 Å². The molecule has 1 heterocycles. The van der Waals surface area contributed by atoms with Gasteiger partial charge < -0.3 is 10.1 Å². The molecule has 0 saturated carbocycles. The maximum absolute atomic E-state index is 8.49. The van der Waals surface area contributed by atoms with Gasteiger partial charge in [-0.05, 0) is 15.9 Å². The van der Waals surface area contributed by atoms with Gasteiger partial charge in [0.15, 0.2) is 0 Å². The van der Waals surface area contributed by atoms with Crippen LogP contribution in [0.5, 0.6) is 0 Å². The largest absolute Gasteiger partial charge is 0.390 e. The zero-order valence-electron chi connectivity index (χ0n) is 4.06. The number of aliphatic hydroxyl groups excluding tert-OH is 1. The number of hydrogen-bond acceptors (Lipinski definition) is 2. The second-order valence-corrected chi connectivity index (χ2v) is 2.11. The van der Waals surface area contributed by atoms with E-state index >= 15 is 0 Å². The molecule has 0 atom stereocenters. The van der Waals surface area contributed by atoms with Gasteiger partial charge in [0.25, 0.3) is 0 Å². The predicted octanol–water partition coefficient (Wildman–Crippen LogP) is 0.665. The minimum atomic E-state index is -0.0237. The molecular formula is C4H5BrN2O. The van der Waals surface area contributed by atoms with Crippen LogP contribution in [0.4, 0.5) is 0 Å². The first-order valence-electron chi connectivity index (χ1n) is 2.13. The van der Waals surface area contributed by atoms with Gasteiger partial charge in [-0.1, -0.05) is 0 Å². The number of imidazole rings is 1. The molecule has 1 rings (SSSR count). The van der Waals surface area contributed by atoms with E-state index < -0.39 is 0 Å². The fourth-order valence-corrected chi connectivity index (χ4v) is 0.747. The molecule has 1 aromatic rings. The molecular weight excluding hydrogens is 172 g/mol. The normalized spacial score (nSPS) is 9.75. The van der Waals surface area contributed by atoms with Crippen LogP contribution in [0.2, 0.25) is 0 Å². The Morgan fingerprint density at radius 2 is 2.62 bits per heavy atom. The van der Waals surface area contributed by atoms with Crippen molar-refractivity contribution < 1.29 is 5.11 Å². The fraction of sp³-hybridized carbons (Fsp3) is 0.250. The van der Waals surface area contributed by atoms with Gasteiger partial charge in [-0.2, -0.15) is 0 Å². The van der Waals surface area contributed by atoms with E-state index in [-0.39, 0.29) is 6.61 Å². The third kappa shape index (κ3) is 0.900. The van der Waals surface area contributed by atoms with Crippen molar-refractivity contribution in [1.29, 1.82) is 0 Å². The molecule has 0 saturated heterocycles. The predicted molar refractivity (Wildman–Crippen MR) is 32.2 cm³/mol. The lowest BCUT2D eigenvalue weighted by Gasteiger charge is -1.84. The quantitative estimate of drug-likeness (QED) is 0.661. The molecule has 0 fully saturated rings. The number of nitrogens with zero attached hydrogens (tertiary/aromatic N) is 1. The summed E-state index contributed by atoms with van der Waals surface area (Å²) in [5, 5.41) is 8.49. The Hall–Kier alpha value is -0.350. The molecule has 8 heavy (non-hydrogen) atoms. The number of aromatic nitrogens is 2. The van der Waals surface area contributed by atoms with E-state index in [2.05, 4.69) is 25.9 Å². The summed E-state index contributed by atoms with van der Waals surface area (Å²) in [6.45, 7) is -0.0237. The number of H-pyrrole nitrogens is 1. The molecule has 1 aromatic heterocycles. The van der Waals surface area contributed by atoms with Crippen LogP contribution in [0.1, 0.15) is 5.69 Å². The van der Waals surface area contributed by atoms with Crippen LogP contribution in [0.15, 0.2) is 10.9 Å². The first-order valence-corrected chi connectivity index (χ1v) is 2.92. The van der Waals surface area contributed by atoms with Crippen molar-refractivity contribution in [2.24, 2.45) is 0 Å². The Bertz CT molecular complexity index is 174. The summed E-state index contributed by atoms with van der Waals surface area (Å²) < 4.78 is 0.750. The van der Waals surface area contributed by atoms with Gasteiger partial charge in [0.2, 0.25) is 0 Å². The molecule has 0 radical (unpaired) electrons. The number of aliphatic hydroxyl groups is 1. The summed E-state index contributed by atoms with van der Waals surface area (Å²) in [5.41, 5.74) is 0.644. The first kappa shape index (κ1) is 5.78. The molecule has 0 aliphatic heterocycles. The average Bonchev–Trinajstić information content (AvgIpc) is 2.14. The molecule has 0 bridgehead atoms. The maximum Gasteiger partial charge on any atom is 0.107 e. The molecule has 0 aliphatic carbocycles. The van der Waals surface area contributed by atoms with Crippen molar-refractivity contribution >= 4 is 15.9 Å². The zero-order chi connectivity index (χ0) is 5.98. The van der Waals surface area contributed by atoms with Crippen LogP contribution in [0.25, 0.3) is 0 Å². The third-order valence-corrected chi connectivity index (χ3v) is 1.50. The van der Waals surface area contributed by atoms with Crippen molar-refractivity contribution in [3.63, 3.8) is 0 Å². The van der Waals surface area contributed by atoms with Crippen LogP contribution in [0, 0.1) is 0 Å². The second kappa shape index (κ2) is 2.28. The topological polar surface area (TPSA) is 48.9 Å². The Morgan fingerprint density at radius 3 is 2.88 bits per heavy atom.